The molecule has 0 saturated carbocycles. The first-order valence-corrected chi connectivity index (χ1v) is 7.70. The third kappa shape index (κ3) is 3.99. The molecular weight excluding hydrogens is 304 g/mol. The van der Waals surface area contributed by atoms with Gasteiger partial charge in [0.05, 0.1) is 18.6 Å². The highest BCUT2D eigenvalue weighted by atomic mass is 35.5. The van der Waals surface area contributed by atoms with E-state index in [1.54, 1.807) is 18.1 Å². The van der Waals surface area contributed by atoms with E-state index in [9.17, 15) is 9.59 Å². The average Bonchev–Trinajstić information content (AvgIpc) is 2.88. The quantitative estimate of drug-likeness (QED) is 0.868. The highest BCUT2D eigenvalue weighted by molar-refractivity contribution is 6.31. The molecule has 120 valence electrons. The van der Waals surface area contributed by atoms with Crippen LogP contribution < -0.4 is 5.32 Å². The van der Waals surface area contributed by atoms with Gasteiger partial charge in [0.25, 0.3) is 0 Å². The molecule has 1 fully saturated rings. The number of rotatable bonds is 6. The molecule has 1 aromatic rings. The maximum Gasteiger partial charge on any atom is 0.225 e. The number of likely N-dealkylation sites (tertiary alicyclic amines) is 1. The fourth-order valence-corrected chi connectivity index (χ4v) is 2.84. The van der Waals surface area contributed by atoms with Crippen molar-refractivity contribution in [1.82, 2.24) is 10.2 Å². The van der Waals surface area contributed by atoms with Crippen molar-refractivity contribution >= 4 is 23.4 Å². The summed E-state index contributed by atoms with van der Waals surface area (Å²) in [5.74, 6) is -0.419. The molecule has 22 heavy (non-hydrogen) atoms. The first kappa shape index (κ1) is 16.8. The second-order valence-electron chi connectivity index (χ2n) is 5.56. The van der Waals surface area contributed by atoms with Crippen LogP contribution in [0, 0.1) is 5.92 Å². The van der Waals surface area contributed by atoms with E-state index in [2.05, 4.69) is 5.32 Å². The summed E-state index contributed by atoms with van der Waals surface area (Å²) in [6.45, 7) is 3.21. The molecule has 1 aliphatic rings. The van der Waals surface area contributed by atoms with Crippen molar-refractivity contribution in [3.63, 3.8) is 0 Å². The Kier molecular flexibility index (Phi) is 5.80. The molecule has 0 spiro atoms. The van der Waals surface area contributed by atoms with Gasteiger partial charge < -0.3 is 15.0 Å². The van der Waals surface area contributed by atoms with Gasteiger partial charge in [0.15, 0.2) is 0 Å². The number of halogens is 1. The fourth-order valence-electron chi connectivity index (χ4n) is 2.63. The molecule has 1 aromatic carbocycles. The van der Waals surface area contributed by atoms with Crippen LogP contribution in [0.5, 0.6) is 0 Å². The number of benzene rings is 1. The van der Waals surface area contributed by atoms with Crippen molar-refractivity contribution in [3.05, 3.63) is 34.9 Å². The number of ether oxygens (including phenoxy) is 1. The van der Waals surface area contributed by atoms with Crippen LogP contribution in [-0.4, -0.2) is 43.0 Å². The summed E-state index contributed by atoms with van der Waals surface area (Å²) in [7, 11) is 1.60. The van der Waals surface area contributed by atoms with E-state index >= 15 is 0 Å². The Labute approximate surface area is 135 Å². The summed E-state index contributed by atoms with van der Waals surface area (Å²) in [5, 5.41) is 3.49. The molecule has 2 amide bonds. The lowest BCUT2D eigenvalue weighted by molar-refractivity contribution is -0.130. The smallest absolute Gasteiger partial charge is 0.225 e. The summed E-state index contributed by atoms with van der Waals surface area (Å²) in [6, 6.07) is 7.36. The molecule has 6 heteroatoms. The van der Waals surface area contributed by atoms with Gasteiger partial charge in [-0.15, -0.1) is 0 Å². The minimum atomic E-state index is -0.311. The number of amides is 2. The lowest BCUT2D eigenvalue weighted by atomic mass is 10.1. The zero-order valence-electron chi connectivity index (χ0n) is 12.8. The lowest BCUT2D eigenvalue weighted by Gasteiger charge is -2.23. The largest absolute Gasteiger partial charge is 0.383 e. The Hall–Kier alpha value is -1.59. The predicted molar refractivity (Wildman–Crippen MR) is 84.5 cm³/mol. The Morgan fingerprint density at radius 1 is 1.50 bits per heavy atom. The van der Waals surface area contributed by atoms with Gasteiger partial charge in [-0.05, 0) is 18.6 Å². The van der Waals surface area contributed by atoms with Crippen LogP contribution in [0.3, 0.4) is 0 Å². The van der Waals surface area contributed by atoms with Crippen molar-refractivity contribution in [1.29, 1.82) is 0 Å². The number of carbonyl (C=O) groups excluding carboxylic acids is 2. The Balaban J connectivity index is 1.89. The van der Waals surface area contributed by atoms with E-state index < -0.39 is 0 Å². The van der Waals surface area contributed by atoms with Crippen LogP contribution >= 0.6 is 11.6 Å². The first-order valence-electron chi connectivity index (χ1n) is 7.32. The molecule has 1 saturated heterocycles. The van der Waals surface area contributed by atoms with Crippen LogP contribution in [-0.2, 0) is 20.9 Å². The molecule has 0 unspecified atom stereocenters. The number of nitrogens with one attached hydrogen (secondary N) is 1. The number of nitrogens with zero attached hydrogens (tertiary/aromatic N) is 1. The average molecular weight is 325 g/mol. The molecular formula is C16H21ClN2O3. The second-order valence-corrected chi connectivity index (χ2v) is 5.97. The third-order valence-electron chi connectivity index (χ3n) is 3.88. The van der Waals surface area contributed by atoms with E-state index in [1.165, 1.54) is 0 Å². The summed E-state index contributed by atoms with van der Waals surface area (Å²) < 4.78 is 5.07. The van der Waals surface area contributed by atoms with Crippen molar-refractivity contribution in [3.8, 4) is 0 Å². The molecule has 1 aliphatic heterocycles. The topological polar surface area (TPSA) is 58.6 Å². The third-order valence-corrected chi connectivity index (χ3v) is 4.25. The van der Waals surface area contributed by atoms with Gasteiger partial charge in [-0.1, -0.05) is 29.8 Å². The van der Waals surface area contributed by atoms with Gasteiger partial charge in [0.2, 0.25) is 11.8 Å². The lowest BCUT2D eigenvalue weighted by Crippen LogP contribution is -2.38. The Bertz CT molecular complexity index is 550. The zero-order valence-corrected chi connectivity index (χ0v) is 13.6. The van der Waals surface area contributed by atoms with Gasteiger partial charge in [0.1, 0.15) is 0 Å². The van der Waals surface area contributed by atoms with Crippen molar-refractivity contribution in [2.45, 2.75) is 25.9 Å². The highest BCUT2D eigenvalue weighted by Crippen LogP contribution is 2.21. The maximum absolute atomic E-state index is 12.2. The second kappa shape index (κ2) is 7.61. The van der Waals surface area contributed by atoms with Crippen LogP contribution in [0.25, 0.3) is 0 Å². The van der Waals surface area contributed by atoms with Gasteiger partial charge in [0, 0.05) is 31.6 Å². The molecule has 0 radical (unpaired) electrons. The predicted octanol–water partition coefficient (Wildman–Crippen LogP) is 1.84. The number of hydrogen-bond donors (Lipinski definition) is 1. The van der Waals surface area contributed by atoms with Gasteiger partial charge in [-0.3, -0.25) is 9.59 Å². The Morgan fingerprint density at radius 3 is 2.91 bits per heavy atom. The molecule has 5 nitrogen and oxygen atoms in total. The van der Waals surface area contributed by atoms with Crippen LogP contribution in [0.15, 0.2) is 24.3 Å². The first-order chi connectivity index (χ1) is 10.5. The summed E-state index contributed by atoms with van der Waals surface area (Å²) in [5.41, 5.74) is 0.867. The van der Waals surface area contributed by atoms with E-state index in [0.29, 0.717) is 24.7 Å². The zero-order chi connectivity index (χ0) is 16.1. The number of hydrogen-bond acceptors (Lipinski definition) is 3. The summed E-state index contributed by atoms with van der Waals surface area (Å²) in [4.78, 5) is 26.0. The molecule has 2 rings (SSSR count). The van der Waals surface area contributed by atoms with Crippen LogP contribution in [0.4, 0.5) is 0 Å². The minimum Gasteiger partial charge on any atom is -0.383 e. The van der Waals surface area contributed by atoms with E-state index in [1.807, 2.05) is 25.1 Å². The van der Waals surface area contributed by atoms with E-state index in [0.717, 1.165) is 5.56 Å². The molecule has 1 N–H and O–H groups in total. The summed E-state index contributed by atoms with van der Waals surface area (Å²) in [6.07, 6.45) is 0.252. The van der Waals surface area contributed by atoms with Crippen molar-refractivity contribution < 1.29 is 14.3 Å². The normalized spacial score (nSPS) is 19.3. The minimum absolute atomic E-state index is 0.00226. The van der Waals surface area contributed by atoms with Gasteiger partial charge >= 0.3 is 0 Å². The molecule has 0 bridgehead atoms. The molecule has 2 atom stereocenters. The van der Waals surface area contributed by atoms with Crippen molar-refractivity contribution in [2.75, 3.05) is 20.3 Å². The maximum atomic E-state index is 12.2. The van der Waals surface area contributed by atoms with Crippen molar-refractivity contribution in [2.24, 2.45) is 5.92 Å². The van der Waals surface area contributed by atoms with E-state index in [-0.39, 0.29) is 30.2 Å². The molecule has 0 aliphatic carbocycles. The SMILES string of the molecule is COC[C@H](C)N1C[C@@H](C(=O)NCc2ccccc2Cl)CC1=O. The fraction of sp³-hybridized carbons (Fsp3) is 0.500. The van der Waals surface area contributed by atoms with E-state index in [4.69, 9.17) is 16.3 Å². The highest BCUT2D eigenvalue weighted by Gasteiger charge is 2.36. The standard InChI is InChI=1S/C16H21ClN2O3/c1-11(10-22-2)19-9-13(7-15(19)20)16(21)18-8-12-5-3-4-6-14(12)17/h3-6,11,13H,7-10H2,1-2H3,(H,18,21)/t11-,13-/m0/s1. The number of carbonyl (C=O) groups is 2. The van der Waals surface area contributed by atoms with Gasteiger partial charge in [-0.2, -0.15) is 0 Å². The summed E-state index contributed by atoms with van der Waals surface area (Å²) >= 11 is 6.06. The molecule has 1 heterocycles. The number of methoxy groups -OCH3 is 1. The van der Waals surface area contributed by atoms with Crippen LogP contribution in [0.2, 0.25) is 5.02 Å². The van der Waals surface area contributed by atoms with Gasteiger partial charge in [-0.25, -0.2) is 0 Å². The monoisotopic (exact) mass is 324 g/mol. The molecule has 0 aromatic heterocycles. The van der Waals surface area contributed by atoms with Crippen LogP contribution in [0.1, 0.15) is 18.9 Å². The Morgan fingerprint density at radius 2 is 2.23 bits per heavy atom.